The van der Waals surface area contributed by atoms with E-state index < -0.39 is 12.1 Å². The van der Waals surface area contributed by atoms with Crippen molar-refractivity contribution in [3.63, 3.8) is 0 Å². The van der Waals surface area contributed by atoms with Gasteiger partial charge in [-0.05, 0) is 6.07 Å². The molecule has 1 aromatic rings. The first-order valence-electron chi connectivity index (χ1n) is 2.90. The van der Waals surface area contributed by atoms with Crippen LogP contribution in [0.1, 0.15) is 12.1 Å². The highest BCUT2D eigenvalue weighted by Crippen LogP contribution is 2.23. The molecule has 0 aromatic carbocycles. The maximum absolute atomic E-state index is 12.0. The van der Waals surface area contributed by atoms with Crippen LogP contribution in [0, 0.1) is 0 Å². The fourth-order valence-electron chi connectivity index (χ4n) is 0.692. The Morgan fingerprint density at radius 1 is 1.36 bits per heavy atom. The van der Waals surface area contributed by atoms with Crippen LogP contribution < -0.4 is 11.5 Å². The van der Waals surface area contributed by atoms with E-state index in [0.717, 1.165) is 6.20 Å². The first-order chi connectivity index (χ1) is 5.11. The molecule has 0 saturated heterocycles. The summed E-state index contributed by atoms with van der Waals surface area (Å²) in [4.78, 5) is 3.38. The molecule has 5 heteroatoms. The third-order valence-corrected chi connectivity index (χ3v) is 1.18. The summed E-state index contributed by atoms with van der Waals surface area (Å²) >= 11 is 0. The molecular weight excluding hydrogens is 152 g/mol. The summed E-state index contributed by atoms with van der Waals surface area (Å²) in [6.07, 6.45) is -1.49. The lowest BCUT2D eigenvalue weighted by atomic mass is 10.3. The molecule has 3 nitrogen and oxygen atoms in total. The SMILES string of the molecule is Nc1cnc(C(F)F)c(N)c1. The smallest absolute Gasteiger partial charge is 0.282 e. The molecule has 0 unspecified atom stereocenters. The van der Waals surface area contributed by atoms with Gasteiger partial charge in [-0.1, -0.05) is 0 Å². The Labute approximate surface area is 62.0 Å². The monoisotopic (exact) mass is 159 g/mol. The van der Waals surface area contributed by atoms with Gasteiger partial charge in [-0.3, -0.25) is 4.98 Å². The summed E-state index contributed by atoms with van der Waals surface area (Å²) in [5.74, 6) is 0. The number of rotatable bonds is 1. The molecule has 0 atom stereocenters. The fraction of sp³-hybridized carbons (Fsp3) is 0.167. The van der Waals surface area contributed by atoms with E-state index in [1.54, 1.807) is 0 Å². The van der Waals surface area contributed by atoms with E-state index in [0.29, 0.717) is 0 Å². The van der Waals surface area contributed by atoms with Crippen molar-refractivity contribution in [3.05, 3.63) is 18.0 Å². The van der Waals surface area contributed by atoms with Crippen molar-refractivity contribution in [1.82, 2.24) is 4.98 Å². The van der Waals surface area contributed by atoms with Crippen molar-refractivity contribution in [3.8, 4) is 0 Å². The number of halogens is 2. The van der Waals surface area contributed by atoms with E-state index in [1.807, 2.05) is 0 Å². The predicted molar refractivity (Wildman–Crippen MR) is 38.0 cm³/mol. The van der Waals surface area contributed by atoms with Crippen LogP contribution in [0.5, 0.6) is 0 Å². The average Bonchev–Trinajstić information content (AvgIpc) is 1.85. The van der Waals surface area contributed by atoms with Gasteiger partial charge in [0.05, 0.1) is 17.6 Å². The van der Waals surface area contributed by atoms with Crippen LogP contribution in [0.2, 0.25) is 0 Å². The Hall–Kier alpha value is -1.39. The van der Waals surface area contributed by atoms with Crippen molar-refractivity contribution in [2.75, 3.05) is 11.5 Å². The molecule has 1 aromatic heterocycles. The molecule has 0 spiro atoms. The largest absolute Gasteiger partial charge is 0.397 e. The highest BCUT2D eigenvalue weighted by molar-refractivity contribution is 5.52. The Balaban J connectivity index is 3.09. The number of alkyl halides is 2. The molecule has 0 bridgehead atoms. The first kappa shape index (κ1) is 7.71. The zero-order chi connectivity index (χ0) is 8.43. The van der Waals surface area contributed by atoms with E-state index >= 15 is 0 Å². The third-order valence-electron chi connectivity index (χ3n) is 1.18. The Kier molecular flexibility index (Phi) is 1.89. The van der Waals surface area contributed by atoms with E-state index in [1.165, 1.54) is 6.07 Å². The Bertz CT molecular complexity index is 262. The zero-order valence-corrected chi connectivity index (χ0v) is 5.59. The second kappa shape index (κ2) is 2.69. The number of hydrogen-bond acceptors (Lipinski definition) is 3. The summed E-state index contributed by atoms with van der Waals surface area (Å²) in [5.41, 5.74) is 10.2. The minimum Gasteiger partial charge on any atom is -0.397 e. The van der Waals surface area contributed by atoms with Crippen molar-refractivity contribution < 1.29 is 8.78 Å². The van der Waals surface area contributed by atoms with Crippen LogP contribution in [0.3, 0.4) is 0 Å². The quantitative estimate of drug-likeness (QED) is 0.646. The van der Waals surface area contributed by atoms with Gasteiger partial charge in [0, 0.05) is 0 Å². The molecule has 1 rings (SSSR count). The van der Waals surface area contributed by atoms with Crippen molar-refractivity contribution >= 4 is 11.4 Å². The molecule has 4 N–H and O–H groups in total. The van der Waals surface area contributed by atoms with Gasteiger partial charge in [-0.2, -0.15) is 0 Å². The van der Waals surface area contributed by atoms with Gasteiger partial charge in [0.2, 0.25) is 0 Å². The van der Waals surface area contributed by atoms with Gasteiger partial charge in [-0.15, -0.1) is 0 Å². The first-order valence-corrected chi connectivity index (χ1v) is 2.90. The minimum atomic E-state index is -2.64. The minimum absolute atomic E-state index is 0.0694. The molecule has 0 aliphatic heterocycles. The van der Waals surface area contributed by atoms with Crippen LogP contribution in [0.4, 0.5) is 20.2 Å². The average molecular weight is 159 g/mol. The number of pyridine rings is 1. The van der Waals surface area contributed by atoms with Crippen molar-refractivity contribution in [2.45, 2.75) is 6.43 Å². The standard InChI is InChI=1S/C6H7F2N3/c7-6(8)5-4(10)1-3(9)2-11-5/h1-2,6H,9-10H2. The van der Waals surface area contributed by atoms with Gasteiger partial charge in [-0.25, -0.2) is 8.78 Å². The number of nitrogens with zero attached hydrogens (tertiary/aromatic N) is 1. The Morgan fingerprint density at radius 3 is 2.45 bits per heavy atom. The van der Waals surface area contributed by atoms with E-state index in [4.69, 9.17) is 11.5 Å². The van der Waals surface area contributed by atoms with Gasteiger partial charge < -0.3 is 11.5 Å². The number of aromatic nitrogens is 1. The number of nitrogens with two attached hydrogens (primary N) is 2. The highest BCUT2D eigenvalue weighted by atomic mass is 19.3. The lowest BCUT2D eigenvalue weighted by Gasteiger charge is -2.02. The molecule has 1 heterocycles. The zero-order valence-electron chi connectivity index (χ0n) is 5.59. The van der Waals surface area contributed by atoms with Gasteiger partial charge in [0.1, 0.15) is 5.69 Å². The van der Waals surface area contributed by atoms with Crippen LogP contribution in [0.25, 0.3) is 0 Å². The van der Waals surface area contributed by atoms with Crippen LogP contribution in [-0.2, 0) is 0 Å². The maximum Gasteiger partial charge on any atom is 0.282 e. The summed E-state index contributed by atoms with van der Waals surface area (Å²) in [7, 11) is 0. The summed E-state index contributed by atoms with van der Waals surface area (Å²) < 4.78 is 24.0. The van der Waals surface area contributed by atoms with Crippen molar-refractivity contribution in [1.29, 1.82) is 0 Å². The van der Waals surface area contributed by atoms with Crippen LogP contribution in [-0.4, -0.2) is 4.98 Å². The second-order valence-corrected chi connectivity index (χ2v) is 2.04. The molecule has 0 amide bonds. The fourth-order valence-corrected chi connectivity index (χ4v) is 0.692. The summed E-state index contributed by atoms with van der Waals surface area (Å²) in [6.45, 7) is 0. The summed E-state index contributed by atoms with van der Waals surface area (Å²) in [5, 5.41) is 0. The molecule has 11 heavy (non-hydrogen) atoms. The lowest BCUT2D eigenvalue weighted by molar-refractivity contribution is 0.147. The summed E-state index contributed by atoms with van der Waals surface area (Å²) in [6, 6.07) is 1.26. The lowest BCUT2D eigenvalue weighted by Crippen LogP contribution is -1.99. The van der Waals surface area contributed by atoms with Gasteiger partial charge >= 0.3 is 0 Å². The molecule has 0 radical (unpaired) electrons. The number of hydrogen-bond donors (Lipinski definition) is 2. The van der Waals surface area contributed by atoms with Gasteiger partial charge in [0.15, 0.2) is 0 Å². The van der Waals surface area contributed by atoms with E-state index in [9.17, 15) is 8.78 Å². The van der Waals surface area contributed by atoms with Crippen LogP contribution >= 0.6 is 0 Å². The van der Waals surface area contributed by atoms with Gasteiger partial charge in [0.25, 0.3) is 6.43 Å². The molecule has 0 aliphatic carbocycles. The molecule has 0 fully saturated rings. The van der Waals surface area contributed by atoms with Crippen molar-refractivity contribution in [2.24, 2.45) is 0 Å². The number of nitrogen functional groups attached to an aromatic ring is 2. The normalized spacial score (nSPS) is 10.5. The third kappa shape index (κ3) is 1.54. The van der Waals surface area contributed by atoms with E-state index in [-0.39, 0.29) is 11.4 Å². The highest BCUT2D eigenvalue weighted by Gasteiger charge is 2.12. The molecular formula is C6H7F2N3. The molecule has 0 saturated carbocycles. The predicted octanol–water partition coefficient (Wildman–Crippen LogP) is 1.18. The molecule has 0 aliphatic rings. The second-order valence-electron chi connectivity index (χ2n) is 2.04. The Morgan fingerprint density at radius 2 is 2.00 bits per heavy atom. The molecule has 60 valence electrons. The van der Waals surface area contributed by atoms with E-state index in [2.05, 4.69) is 4.98 Å². The van der Waals surface area contributed by atoms with Crippen LogP contribution in [0.15, 0.2) is 12.3 Å². The number of anilines is 2. The maximum atomic E-state index is 12.0. The topological polar surface area (TPSA) is 64.9 Å².